The van der Waals surface area contributed by atoms with Gasteiger partial charge in [-0.25, -0.2) is 4.90 Å². The van der Waals surface area contributed by atoms with Gasteiger partial charge < -0.3 is 4.48 Å². The molecule has 1 aromatic carbocycles. The Morgan fingerprint density at radius 1 is 1.00 bits per heavy atom. The number of carbonyl (C=O) groups is 2. The summed E-state index contributed by atoms with van der Waals surface area (Å²) in [6.07, 6.45) is 3.65. The lowest BCUT2D eigenvalue weighted by Crippen LogP contribution is -2.57. The van der Waals surface area contributed by atoms with Crippen molar-refractivity contribution in [2.75, 3.05) is 26.3 Å². The molecule has 106 valence electrons. The normalized spacial score (nSPS) is 21.1. The number of imide groups is 1. The van der Waals surface area contributed by atoms with Gasteiger partial charge in [-0.1, -0.05) is 12.1 Å². The largest absolute Gasteiger partial charge is 0.306 e. The molecule has 1 aromatic rings. The van der Waals surface area contributed by atoms with Gasteiger partial charge in [0.1, 0.15) is 0 Å². The van der Waals surface area contributed by atoms with Gasteiger partial charge >= 0.3 is 0 Å². The molecule has 4 nitrogen and oxygen atoms in total. The molecule has 20 heavy (non-hydrogen) atoms. The molecule has 0 N–H and O–H groups in total. The second-order valence-corrected chi connectivity index (χ2v) is 5.89. The zero-order valence-electron chi connectivity index (χ0n) is 12.0. The first-order chi connectivity index (χ1) is 9.67. The number of hydrogen-bond donors (Lipinski definition) is 0. The van der Waals surface area contributed by atoms with Crippen LogP contribution < -0.4 is 0 Å². The minimum Gasteiger partial charge on any atom is -0.306 e. The van der Waals surface area contributed by atoms with E-state index in [0.29, 0.717) is 17.8 Å². The molecule has 0 aliphatic carbocycles. The average Bonchev–Trinajstić information content (AvgIpc) is 2.74. The monoisotopic (exact) mass is 273 g/mol. The summed E-state index contributed by atoms with van der Waals surface area (Å²) in [6, 6.07) is 7.14. The van der Waals surface area contributed by atoms with Gasteiger partial charge in [-0.3, -0.25) is 9.59 Å². The van der Waals surface area contributed by atoms with E-state index in [0.717, 1.165) is 24.1 Å². The Morgan fingerprint density at radius 3 is 2.05 bits per heavy atom. The van der Waals surface area contributed by atoms with E-state index in [1.54, 1.807) is 12.1 Å². The predicted octanol–water partition coefficient (Wildman–Crippen LogP) is 2.26. The van der Waals surface area contributed by atoms with E-state index < -0.39 is 0 Å². The third kappa shape index (κ3) is 2.04. The number of fused-ring (bicyclic) bond motifs is 1. The maximum Gasteiger partial charge on any atom is 0.265 e. The summed E-state index contributed by atoms with van der Waals surface area (Å²) in [5.74, 6) is -0.246. The molecule has 1 saturated heterocycles. The van der Waals surface area contributed by atoms with Gasteiger partial charge in [-0.2, -0.15) is 0 Å². The Bertz CT molecular complexity index is 512. The summed E-state index contributed by atoms with van der Waals surface area (Å²) in [5, 5.41) is 0. The molecule has 3 rings (SSSR count). The highest BCUT2D eigenvalue weighted by atomic mass is 16.2. The molecule has 1 fully saturated rings. The van der Waals surface area contributed by atoms with Crippen molar-refractivity contribution in [2.24, 2.45) is 0 Å². The van der Waals surface area contributed by atoms with Gasteiger partial charge in [0, 0.05) is 0 Å². The Kier molecular flexibility index (Phi) is 3.34. The summed E-state index contributed by atoms with van der Waals surface area (Å²) in [5.41, 5.74) is 1.12. The molecule has 0 aromatic heterocycles. The van der Waals surface area contributed by atoms with Crippen LogP contribution in [0.5, 0.6) is 0 Å². The number of benzene rings is 1. The molecule has 2 heterocycles. The third-order valence-corrected chi connectivity index (χ3v) is 4.76. The second kappa shape index (κ2) is 5.02. The Labute approximate surface area is 119 Å². The quantitative estimate of drug-likeness (QED) is 0.626. The van der Waals surface area contributed by atoms with Gasteiger partial charge in [0.15, 0.2) is 6.67 Å². The highest BCUT2D eigenvalue weighted by molar-refractivity contribution is 6.21. The molecule has 0 spiro atoms. The standard InChI is InChI=1S/C16H21N2O2/c1-2-18(10-6-3-7-11-18)12-17-15(19)13-8-4-5-9-14(13)16(17)20/h4-5,8-9H,2-3,6-7,10-12H2,1H3/q+1. The zero-order valence-corrected chi connectivity index (χ0v) is 12.0. The summed E-state index contributed by atoms with van der Waals surface area (Å²) in [4.78, 5) is 26.3. The summed E-state index contributed by atoms with van der Waals surface area (Å²) in [7, 11) is 0. The van der Waals surface area contributed by atoms with Gasteiger partial charge in [0.25, 0.3) is 11.8 Å². The molecule has 2 aliphatic rings. The number of piperidine rings is 1. The van der Waals surface area contributed by atoms with Crippen molar-refractivity contribution in [2.45, 2.75) is 26.2 Å². The van der Waals surface area contributed by atoms with Gasteiger partial charge in [-0.15, -0.1) is 0 Å². The molecule has 0 atom stereocenters. The van der Waals surface area contributed by atoms with Crippen LogP contribution in [0.4, 0.5) is 0 Å². The number of nitrogens with zero attached hydrogens (tertiary/aromatic N) is 2. The molecule has 0 unspecified atom stereocenters. The lowest BCUT2D eigenvalue weighted by Gasteiger charge is -2.42. The molecule has 0 bridgehead atoms. The Hall–Kier alpha value is -1.68. The van der Waals surface area contributed by atoms with Gasteiger partial charge in [0.05, 0.1) is 30.8 Å². The molecule has 2 aliphatic heterocycles. The van der Waals surface area contributed by atoms with Crippen LogP contribution in [0.25, 0.3) is 0 Å². The van der Waals surface area contributed by atoms with Crippen molar-refractivity contribution in [3.63, 3.8) is 0 Å². The number of hydrogen-bond acceptors (Lipinski definition) is 2. The van der Waals surface area contributed by atoms with Crippen molar-refractivity contribution in [3.8, 4) is 0 Å². The van der Waals surface area contributed by atoms with E-state index in [-0.39, 0.29) is 11.8 Å². The van der Waals surface area contributed by atoms with E-state index in [2.05, 4.69) is 6.92 Å². The zero-order chi connectivity index (χ0) is 14.2. The van der Waals surface area contributed by atoms with Crippen molar-refractivity contribution >= 4 is 11.8 Å². The van der Waals surface area contributed by atoms with Gasteiger partial charge in [-0.05, 0) is 38.3 Å². The fourth-order valence-electron chi connectivity index (χ4n) is 3.41. The van der Waals surface area contributed by atoms with Crippen LogP contribution in [0.2, 0.25) is 0 Å². The van der Waals surface area contributed by atoms with Crippen LogP contribution in [0.3, 0.4) is 0 Å². The summed E-state index contributed by atoms with van der Waals surface area (Å²) in [6.45, 7) is 5.81. The van der Waals surface area contributed by atoms with E-state index in [1.165, 1.54) is 24.2 Å². The summed E-state index contributed by atoms with van der Waals surface area (Å²) >= 11 is 0. The van der Waals surface area contributed by atoms with E-state index in [4.69, 9.17) is 0 Å². The molecular weight excluding hydrogens is 252 g/mol. The van der Waals surface area contributed by atoms with E-state index in [9.17, 15) is 9.59 Å². The smallest absolute Gasteiger partial charge is 0.265 e. The van der Waals surface area contributed by atoms with Crippen molar-refractivity contribution in [3.05, 3.63) is 35.4 Å². The number of carbonyl (C=O) groups excluding carboxylic acids is 2. The van der Waals surface area contributed by atoms with Crippen LogP contribution in [0, 0.1) is 0 Å². The SMILES string of the molecule is CC[N+]1(CN2C(=O)c3ccccc3C2=O)CCCCC1. The number of amides is 2. The number of likely N-dealkylation sites (tertiary alicyclic amines) is 1. The number of rotatable bonds is 3. The highest BCUT2D eigenvalue weighted by Crippen LogP contribution is 2.26. The summed E-state index contributed by atoms with van der Waals surface area (Å²) < 4.78 is 0.867. The predicted molar refractivity (Wildman–Crippen MR) is 76.2 cm³/mol. The van der Waals surface area contributed by atoms with Crippen molar-refractivity contribution in [1.29, 1.82) is 0 Å². The minimum atomic E-state index is -0.123. The first kappa shape index (κ1) is 13.3. The van der Waals surface area contributed by atoms with Crippen LogP contribution in [-0.2, 0) is 0 Å². The topological polar surface area (TPSA) is 37.4 Å². The first-order valence-electron chi connectivity index (χ1n) is 7.47. The fraction of sp³-hybridized carbons (Fsp3) is 0.500. The van der Waals surface area contributed by atoms with Gasteiger partial charge in [0.2, 0.25) is 0 Å². The third-order valence-electron chi connectivity index (χ3n) is 4.76. The number of quaternary nitrogens is 1. The second-order valence-electron chi connectivity index (χ2n) is 5.89. The highest BCUT2D eigenvalue weighted by Gasteiger charge is 2.41. The lowest BCUT2D eigenvalue weighted by molar-refractivity contribution is -0.937. The molecule has 4 heteroatoms. The van der Waals surface area contributed by atoms with Crippen LogP contribution >= 0.6 is 0 Å². The molecule has 0 saturated carbocycles. The maximum absolute atomic E-state index is 12.4. The fourth-order valence-corrected chi connectivity index (χ4v) is 3.41. The molecule has 2 amide bonds. The first-order valence-corrected chi connectivity index (χ1v) is 7.47. The average molecular weight is 273 g/mol. The van der Waals surface area contributed by atoms with E-state index in [1.807, 2.05) is 12.1 Å². The maximum atomic E-state index is 12.4. The van der Waals surface area contributed by atoms with E-state index >= 15 is 0 Å². The minimum absolute atomic E-state index is 0.123. The van der Waals surface area contributed by atoms with Crippen molar-refractivity contribution < 1.29 is 14.1 Å². The molecule has 0 radical (unpaired) electrons. The van der Waals surface area contributed by atoms with Crippen LogP contribution in [-0.4, -0.2) is 47.5 Å². The van der Waals surface area contributed by atoms with Crippen LogP contribution in [0.15, 0.2) is 24.3 Å². The Morgan fingerprint density at radius 2 is 1.55 bits per heavy atom. The van der Waals surface area contributed by atoms with Crippen LogP contribution in [0.1, 0.15) is 46.9 Å². The Balaban J connectivity index is 1.85. The molecular formula is C16H21N2O2+. The lowest BCUT2D eigenvalue weighted by atomic mass is 10.1. The van der Waals surface area contributed by atoms with Crippen molar-refractivity contribution in [1.82, 2.24) is 4.90 Å².